The van der Waals surface area contributed by atoms with Crippen molar-refractivity contribution in [2.24, 2.45) is 11.7 Å². The molecule has 1 aliphatic heterocycles. The van der Waals surface area contributed by atoms with E-state index in [0.29, 0.717) is 30.8 Å². The van der Waals surface area contributed by atoms with Gasteiger partial charge in [-0.2, -0.15) is 13.2 Å². The fraction of sp³-hybridized carbons (Fsp3) is 0.481. The average Bonchev–Trinajstić information content (AvgIpc) is 3.11. The number of nitrogens with one attached hydrogen (secondary N) is 1. The van der Waals surface area contributed by atoms with Crippen LogP contribution in [0.2, 0.25) is 0 Å². The maximum absolute atomic E-state index is 12.8. The number of hydrogen-bond acceptors (Lipinski definition) is 4. The van der Waals surface area contributed by atoms with E-state index in [1.165, 1.54) is 4.90 Å². The number of aryl methyl sites for hydroxylation is 1. The van der Waals surface area contributed by atoms with Crippen molar-refractivity contribution >= 4 is 17.3 Å². The summed E-state index contributed by atoms with van der Waals surface area (Å²) in [5, 5.41) is 1.09. The zero-order valence-electron chi connectivity index (χ0n) is 21.7. The molecule has 1 unspecified atom stereocenters. The lowest BCUT2D eigenvalue weighted by molar-refractivity contribution is -0.149. The predicted octanol–water partition coefficient (Wildman–Crippen LogP) is 4.48. The first-order valence-corrected chi connectivity index (χ1v) is 12.3. The molecule has 1 fully saturated rings. The van der Waals surface area contributed by atoms with Gasteiger partial charge in [0.2, 0.25) is 6.41 Å². The van der Waals surface area contributed by atoms with Crippen molar-refractivity contribution < 1.29 is 22.7 Å². The van der Waals surface area contributed by atoms with Crippen LogP contribution in [0.5, 0.6) is 5.75 Å². The first-order chi connectivity index (χ1) is 17.5. The maximum Gasteiger partial charge on any atom is 0.401 e. The van der Waals surface area contributed by atoms with Crippen LogP contribution < -0.4 is 16.0 Å². The molecule has 1 aliphatic rings. The molecular weight excluding hydrogens is 485 g/mol. The fourth-order valence-corrected chi connectivity index (χ4v) is 5.48. The Morgan fingerprint density at radius 1 is 1.19 bits per heavy atom. The minimum Gasteiger partial charge on any atom is -0.496 e. The van der Waals surface area contributed by atoms with E-state index >= 15 is 0 Å². The summed E-state index contributed by atoms with van der Waals surface area (Å²) in [5.41, 5.74) is 8.58. The summed E-state index contributed by atoms with van der Waals surface area (Å²) in [6.45, 7) is 6.13. The molecule has 0 radical (unpaired) electrons. The Hall–Kier alpha value is -3.27. The number of amides is 1. The molecule has 0 saturated carbocycles. The number of para-hydroxylation sites is 1. The smallest absolute Gasteiger partial charge is 0.401 e. The van der Waals surface area contributed by atoms with Crippen LogP contribution in [-0.2, 0) is 11.2 Å². The third kappa shape index (κ3) is 6.54. The molecule has 1 amide bonds. The van der Waals surface area contributed by atoms with Gasteiger partial charge in [0, 0.05) is 34.8 Å². The number of halogens is 3. The molecule has 0 bridgehead atoms. The van der Waals surface area contributed by atoms with E-state index in [0.717, 1.165) is 40.7 Å². The maximum atomic E-state index is 12.8. The molecule has 1 atom stereocenters. The van der Waals surface area contributed by atoms with E-state index < -0.39 is 12.7 Å². The highest BCUT2D eigenvalue weighted by atomic mass is 19.4. The number of rotatable bonds is 6. The number of benzene rings is 1. The lowest BCUT2D eigenvalue weighted by Crippen LogP contribution is -2.41. The summed E-state index contributed by atoms with van der Waals surface area (Å²) in [6.07, 6.45) is -2.02. The van der Waals surface area contributed by atoms with Gasteiger partial charge in [-0.15, -0.1) is 0 Å². The zero-order valence-corrected chi connectivity index (χ0v) is 21.7. The van der Waals surface area contributed by atoms with Crippen LogP contribution in [0.4, 0.5) is 13.2 Å². The quantitative estimate of drug-likeness (QED) is 0.469. The molecule has 37 heavy (non-hydrogen) atoms. The SMILES string of the molecule is COc1cc(C)[nH]c(=O)c1Cc1c(C)n(C(C)C2CCN(CC(F)(F)F)CC2)c2ccccc12.NC=O. The first-order valence-electron chi connectivity index (χ1n) is 12.3. The van der Waals surface area contributed by atoms with E-state index in [2.05, 4.69) is 41.3 Å². The largest absolute Gasteiger partial charge is 0.496 e. The minimum absolute atomic E-state index is 0.130. The number of aromatic nitrogens is 2. The van der Waals surface area contributed by atoms with Crippen LogP contribution in [0.3, 0.4) is 0 Å². The number of ether oxygens (including phenoxy) is 1. The lowest BCUT2D eigenvalue weighted by Gasteiger charge is -2.36. The van der Waals surface area contributed by atoms with Crippen molar-refractivity contribution in [3.05, 3.63) is 63.2 Å². The third-order valence-electron chi connectivity index (χ3n) is 7.21. The van der Waals surface area contributed by atoms with Gasteiger partial charge in [0.25, 0.3) is 5.56 Å². The number of hydrogen-bond donors (Lipinski definition) is 2. The molecule has 0 spiro atoms. The standard InChI is InChI=1S/C26H32F3N3O2.CH3NO/c1-16-13-24(34-4)22(25(33)30-16)14-21-18(3)32(23-8-6-5-7-20(21)23)17(2)19-9-11-31(12-10-19)15-26(27,28)29;2-1-3/h5-8,13,17,19H,9-12,14-15H2,1-4H3,(H,30,33);1H,(H2,2,3). The van der Waals surface area contributed by atoms with Crippen molar-refractivity contribution in [3.8, 4) is 5.75 Å². The Bertz CT molecular complexity index is 1270. The molecule has 2 aromatic heterocycles. The minimum atomic E-state index is -4.16. The van der Waals surface area contributed by atoms with Crippen LogP contribution in [0.25, 0.3) is 10.9 Å². The fourth-order valence-electron chi connectivity index (χ4n) is 5.48. The predicted molar refractivity (Wildman–Crippen MR) is 138 cm³/mol. The number of nitrogens with two attached hydrogens (primary N) is 1. The number of carbonyl (C=O) groups excluding carboxylic acids is 1. The highest BCUT2D eigenvalue weighted by molar-refractivity contribution is 5.86. The van der Waals surface area contributed by atoms with Crippen LogP contribution in [0.15, 0.2) is 35.1 Å². The van der Waals surface area contributed by atoms with Gasteiger partial charge >= 0.3 is 6.18 Å². The van der Waals surface area contributed by atoms with Gasteiger partial charge in [-0.1, -0.05) is 18.2 Å². The van der Waals surface area contributed by atoms with Gasteiger partial charge in [-0.3, -0.25) is 14.5 Å². The van der Waals surface area contributed by atoms with E-state index in [1.54, 1.807) is 7.11 Å². The highest BCUT2D eigenvalue weighted by Gasteiger charge is 2.34. The summed E-state index contributed by atoms with van der Waals surface area (Å²) >= 11 is 0. The van der Waals surface area contributed by atoms with Crippen LogP contribution >= 0.6 is 0 Å². The number of carbonyl (C=O) groups is 1. The number of methoxy groups -OCH3 is 1. The second-order valence-corrected chi connectivity index (χ2v) is 9.56. The zero-order chi connectivity index (χ0) is 27.3. The highest BCUT2D eigenvalue weighted by Crippen LogP contribution is 2.37. The van der Waals surface area contributed by atoms with E-state index in [1.807, 2.05) is 25.1 Å². The molecule has 3 aromatic rings. The van der Waals surface area contributed by atoms with Crippen molar-refractivity contribution in [1.29, 1.82) is 0 Å². The number of pyridine rings is 1. The second kappa shape index (κ2) is 11.9. The Kier molecular flexibility index (Phi) is 9.07. The number of fused-ring (bicyclic) bond motifs is 1. The number of alkyl halides is 3. The molecule has 0 aliphatic carbocycles. The van der Waals surface area contributed by atoms with E-state index in [-0.39, 0.29) is 23.9 Å². The lowest BCUT2D eigenvalue weighted by atomic mass is 9.90. The Morgan fingerprint density at radius 3 is 2.41 bits per heavy atom. The number of primary amides is 1. The van der Waals surface area contributed by atoms with Crippen molar-refractivity contribution in [3.63, 3.8) is 0 Å². The van der Waals surface area contributed by atoms with Crippen LogP contribution in [-0.4, -0.2) is 53.8 Å². The molecule has 3 heterocycles. The summed E-state index contributed by atoms with van der Waals surface area (Å²) < 4.78 is 46.2. The van der Waals surface area contributed by atoms with Crippen molar-refractivity contribution in [2.75, 3.05) is 26.7 Å². The topological polar surface area (TPSA) is 93.3 Å². The Balaban J connectivity index is 0.00000121. The molecule has 3 N–H and O–H groups in total. The third-order valence-corrected chi connectivity index (χ3v) is 7.21. The second-order valence-electron chi connectivity index (χ2n) is 9.56. The van der Waals surface area contributed by atoms with Gasteiger partial charge in [0.05, 0.1) is 19.2 Å². The summed E-state index contributed by atoms with van der Waals surface area (Å²) in [4.78, 5) is 25.7. The van der Waals surface area contributed by atoms with Gasteiger partial charge in [-0.25, -0.2) is 0 Å². The van der Waals surface area contributed by atoms with Gasteiger partial charge < -0.3 is 20.0 Å². The normalized spacial score (nSPS) is 15.8. The number of piperidine rings is 1. The molecule has 7 nitrogen and oxygen atoms in total. The average molecular weight is 521 g/mol. The van der Waals surface area contributed by atoms with Crippen molar-refractivity contribution in [1.82, 2.24) is 14.5 Å². The molecule has 1 saturated heterocycles. The van der Waals surface area contributed by atoms with Crippen LogP contribution in [0.1, 0.15) is 48.3 Å². The van der Waals surface area contributed by atoms with Gasteiger partial charge in [0.1, 0.15) is 5.75 Å². The molecule has 1 aromatic carbocycles. The number of aromatic amines is 1. The number of nitrogens with zero attached hydrogens (tertiary/aromatic N) is 2. The Morgan fingerprint density at radius 2 is 1.81 bits per heavy atom. The molecular formula is C27H35F3N4O3. The Labute approximate surface area is 214 Å². The summed E-state index contributed by atoms with van der Waals surface area (Å²) in [6, 6.07) is 10.1. The number of likely N-dealkylation sites (tertiary alicyclic amines) is 1. The monoisotopic (exact) mass is 520 g/mol. The molecule has 4 rings (SSSR count). The first kappa shape index (κ1) is 28.3. The van der Waals surface area contributed by atoms with E-state index in [4.69, 9.17) is 9.53 Å². The van der Waals surface area contributed by atoms with Gasteiger partial charge in [0.15, 0.2) is 0 Å². The summed E-state index contributed by atoms with van der Waals surface area (Å²) in [5.74, 6) is 0.853. The van der Waals surface area contributed by atoms with Crippen LogP contribution in [0, 0.1) is 19.8 Å². The van der Waals surface area contributed by atoms with Gasteiger partial charge in [-0.05, 0) is 70.3 Å². The van der Waals surface area contributed by atoms with Crippen molar-refractivity contribution in [2.45, 2.75) is 52.3 Å². The molecule has 10 heteroatoms. The molecule has 202 valence electrons. The van der Waals surface area contributed by atoms with E-state index in [9.17, 15) is 18.0 Å². The number of H-pyrrole nitrogens is 1. The summed E-state index contributed by atoms with van der Waals surface area (Å²) in [7, 11) is 1.57.